The third-order valence-electron chi connectivity index (χ3n) is 2.90. The normalized spacial score (nSPS) is 10.2. The average Bonchev–Trinajstić information content (AvgIpc) is 2.43. The first-order chi connectivity index (χ1) is 9.88. The molecule has 0 atom stereocenters. The minimum absolute atomic E-state index is 0.0975. The third kappa shape index (κ3) is 3.51. The van der Waals surface area contributed by atoms with Crippen LogP contribution < -0.4 is 11.1 Å². The molecule has 0 heterocycles. The number of aryl methyl sites for hydroxylation is 1. The van der Waals surface area contributed by atoms with Crippen LogP contribution >= 0.6 is 23.8 Å². The lowest BCUT2D eigenvalue weighted by Gasteiger charge is -2.10. The number of carbonyl (C=O) groups is 1. The second-order valence-corrected chi connectivity index (χ2v) is 5.38. The fourth-order valence-electron chi connectivity index (χ4n) is 1.80. The minimum atomic E-state index is -0.460. The van der Waals surface area contributed by atoms with Gasteiger partial charge < -0.3 is 16.2 Å². The first-order valence-corrected chi connectivity index (χ1v) is 6.87. The van der Waals surface area contributed by atoms with Gasteiger partial charge in [0.25, 0.3) is 5.91 Å². The lowest BCUT2D eigenvalue weighted by atomic mass is 10.1. The molecular formula is C15H13ClN2O2S. The highest BCUT2D eigenvalue weighted by Gasteiger charge is 2.13. The molecule has 0 radical (unpaired) electrons. The number of halogens is 1. The van der Waals surface area contributed by atoms with Crippen LogP contribution in [0.3, 0.4) is 0 Å². The van der Waals surface area contributed by atoms with E-state index < -0.39 is 5.91 Å². The molecule has 0 aliphatic rings. The Balaban J connectivity index is 2.33. The van der Waals surface area contributed by atoms with E-state index in [0.29, 0.717) is 16.3 Å². The highest BCUT2D eigenvalue weighted by atomic mass is 35.5. The van der Waals surface area contributed by atoms with E-state index in [1.807, 2.05) is 6.92 Å². The van der Waals surface area contributed by atoms with Crippen LogP contribution in [-0.2, 0) is 0 Å². The smallest absolute Gasteiger partial charge is 0.259 e. The van der Waals surface area contributed by atoms with E-state index in [4.69, 9.17) is 29.6 Å². The van der Waals surface area contributed by atoms with Crippen molar-refractivity contribution in [2.45, 2.75) is 6.92 Å². The van der Waals surface area contributed by atoms with Crippen LogP contribution in [0, 0.1) is 6.92 Å². The van der Waals surface area contributed by atoms with Gasteiger partial charge in [0.1, 0.15) is 10.7 Å². The second kappa shape index (κ2) is 6.11. The van der Waals surface area contributed by atoms with Gasteiger partial charge in [-0.1, -0.05) is 41.5 Å². The molecule has 0 aromatic heterocycles. The number of aromatic hydroxyl groups is 1. The predicted octanol–water partition coefficient (Wildman–Crippen LogP) is 3.24. The number of phenolic OH excluding ortho intramolecular Hbond substituents is 1. The average molecular weight is 321 g/mol. The van der Waals surface area contributed by atoms with Crippen LogP contribution in [0.1, 0.15) is 21.5 Å². The van der Waals surface area contributed by atoms with Crippen molar-refractivity contribution in [3.8, 4) is 5.75 Å². The van der Waals surface area contributed by atoms with Gasteiger partial charge in [0.2, 0.25) is 0 Å². The van der Waals surface area contributed by atoms with Gasteiger partial charge in [0, 0.05) is 5.56 Å². The number of carbonyl (C=O) groups excluding carboxylic acids is 1. The molecule has 1 amide bonds. The molecule has 4 nitrogen and oxygen atoms in total. The lowest BCUT2D eigenvalue weighted by molar-refractivity contribution is 0.102. The Labute approximate surface area is 132 Å². The van der Waals surface area contributed by atoms with Gasteiger partial charge in [-0.15, -0.1) is 0 Å². The molecule has 0 aliphatic carbocycles. The van der Waals surface area contributed by atoms with Crippen molar-refractivity contribution < 1.29 is 9.90 Å². The second-order valence-electron chi connectivity index (χ2n) is 4.53. The van der Waals surface area contributed by atoms with E-state index >= 15 is 0 Å². The van der Waals surface area contributed by atoms with Gasteiger partial charge in [-0.2, -0.15) is 0 Å². The fraction of sp³-hybridized carbons (Fsp3) is 0.0667. The molecule has 0 bridgehead atoms. The van der Waals surface area contributed by atoms with E-state index in [1.165, 1.54) is 6.07 Å². The van der Waals surface area contributed by atoms with Gasteiger partial charge in [-0.25, -0.2) is 0 Å². The zero-order valence-electron chi connectivity index (χ0n) is 11.2. The molecule has 6 heteroatoms. The van der Waals surface area contributed by atoms with E-state index in [1.54, 1.807) is 30.3 Å². The molecule has 2 aromatic carbocycles. The molecule has 0 aliphatic heterocycles. The molecule has 0 saturated carbocycles. The first-order valence-electron chi connectivity index (χ1n) is 6.09. The van der Waals surface area contributed by atoms with Gasteiger partial charge in [0.05, 0.1) is 16.3 Å². The van der Waals surface area contributed by atoms with Crippen molar-refractivity contribution >= 4 is 40.4 Å². The van der Waals surface area contributed by atoms with E-state index in [9.17, 15) is 9.90 Å². The highest BCUT2D eigenvalue weighted by Crippen LogP contribution is 2.25. The molecule has 0 fully saturated rings. The van der Waals surface area contributed by atoms with E-state index in [-0.39, 0.29) is 16.3 Å². The van der Waals surface area contributed by atoms with Crippen LogP contribution in [0.5, 0.6) is 5.75 Å². The summed E-state index contributed by atoms with van der Waals surface area (Å²) in [6.45, 7) is 1.83. The molecule has 108 valence electrons. The summed E-state index contributed by atoms with van der Waals surface area (Å²) >= 11 is 10.9. The molecule has 21 heavy (non-hydrogen) atoms. The number of anilines is 1. The summed E-state index contributed by atoms with van der Waals surface area (Å²) in [6.07, 6.45) is 0. The number of nitrogens with one attached hydrogen (secondary N) is 1. The zero-order chi connectivity index (χ0) is 15.6. The molecule has 2 rings (SSSR count). The van der Waals surface area contributed by atoms with Gasteiger partial charge in [-0.3, -0.25) is 4.79 Å². The van der Waals surface area contributed by atoms with Crippen molar-refractivity contribution in [3.63, 3.8) is 0 Å². The Morgan fingerprint density at radius 1 is 1.29 bits per heavy atom. The molecule has 0 spiro atoms. The molecule has 0 saturated heterocycles. The predicted molar refractivity (Wildman–Crippen MR) is 88.1 cm³/mol. The van der Waals surface area contributed by atoms with Crippen LogP contribution in [0.2, 0.25) is 5.02 Å². The van der Waals surface area contributed by atoms with Crippen LogP contribution in [-0.4, -0.2) is 16.0 Å². The highest BCUT2D eigenvalue weighted by molar-refractivity contribution is 7.80. The van der Waals surface area contributed by atoms with E-state index in [2.05, 4.69) is 5.32 Å². The Hall–Kier alpha value is -2.11. The summed E-state index contributed by atoms with van der Waals surface area (Å²) in [6, 6.07) is 9.64. The topological polar surface area (TPSA) is 75.3 Å². The summed E-state index contributed by atoms with van der Waals surface area (Å²) in [5.74, 6) is -0.557. The summed E-state index contributed by atoms with van der Waals surface area (Å²) in [7, 11) is 0. The van der Waals surface area contributed by atoms with Crippen molar-refractivity contribution in [1.29, 1.82) is 0 Å². The van der Waals surface area contributed by atoms with Crippen molar-refractivity contribution in [1.82, 2.24) is 0 Å². The Morgan fingerprint density at radius 2 is 2.00 bits per heavy atom. The number of amides is 1. The SMILES string of the molecule is Cc1ccc(O)c(C(=O)Nc2cc(C(N)=S)ccc2Cl)c1. The third-order valence-corrected chi connectivity index (χ3v) is 3.46. The van der Waals surface area contributed by atoms with Crippen LogP contribution in [0.15, 0.2) is 36.4 Å². The number of hydrogen-bond donors (Lipinski definition) is 3. The number of phenols is 1. The Kier molecular flexibility index (Phi) is 4.45. The van der Waals surface area contributed by atoms with Gasteiger partial charge >= 0.3 is 0 Å². The Morgan fingerprint density at radius 3 is 2.67 bits per heavy atom. The largest absolute Gasteiger partial charge is 0.507 e. The van der Waals surface area contributed by atoms with E-state index in [0.717, 1.165) is 5.56 Å². The fourth-order valence-corrected chi connectivity index (χ4v) is 2.09. The maximum atomic E-state index is 12.2. The standard InChI is InChI=1S/C15H13ClN2O2S/c1-8-2-5-13(19)10(6-8)15(20)18-12-7-9(14(17)21)3-4-11(12)16/h2-7,19H,1H3,(H2,17,21)(H,18,20). The maximum Gasteiger partial charge on any atom is 0.259 e. The number of nitrogens with two attached hydrogens (primary N) is 1. The molecule has 2 aromatic rings. The zero-order valence-corrected chi connectivity index (χ0v) is 12.8. The molecule has 4 N–H and O–H groups in total. The summed E-state index contributed by atoms with van der Waals surface area (Å²) in [5, 5.41) is 12.8. The summed E-state index contributed by atoms with van der Waals surface area (Å²) < 4.78 is 0. The lowest BCUT2D eigenvalue weighted by Crippen LogP contribution is -2.14. The summed E-state index contributed by atoms with van der Waals surface area (Å²) in [4.78, 5) is 12.4. The minimum Gasteiger partial charge on any atom is -0.507 e. The molecule has 0 unspecified atom stereocenters. The van der Waals surface area contributed by atoms with Crippen LogP contribution in [0.4, 0.5) is 5.69 Å². The summed E-state index contributed by atoms with van der Waals surface area (Å²) in [5.41, 5.74) is 7.57. The monoisotopic (exact) mass is 320 g/mol. The number of hydrogen-bond acceptors (Lipinski definition) is 3. The van der Waals surface area contributed by atoms with Crippen molar-refractivity contribution in [2.24, 2.45) is 5.73 Å². The van der Waals surface area contributed by atoms with Crippen molar-refractivity contribution in [3.05, 3.63) is 58.1 Å². The number of thiocarbonyl (C=S) groups is 1. The van der Waals surface area contributed by atoms with Crippen LogP contribution in [0.25, 0.3) is 0 Å². The maximum absolute atomic E-state index is 12.2. The Bertz CT molecular complexity index is 732. The quantitative estimate of drug-likeness (QED) is 0.759. The van der Waals surface area contributed by atoms with Gasteiger partial charge in [-0.05, 0) is 31.2 Å². The molecular weight excluding hydrogens is 308 g/mol. The first kappa shape index (κ1) is 15.3. The van der Waals surface area contributed by atoms with Gasteiger partial charge in [0.15, 0.2) is 0 Å². The number of rotatable bonds is 3. The van der Waals surface area contributed by atoms with Crippen molar-refractivity contribution in [2.75, 3.05) is 5.32 Å². The number of benzene rings is 2.